The Morgan fingerprint density at radius 3 is 2.44 bits per heavy atom. The van der Waals surface area contributed by atoms with Gasteiger partial charge in [0, 0.05) is 23.8 Å². The molecule has 2 saturated carbocycles. The maximum atomic E-state index is 12.8. The minimum Gasteiger partial charge on any atom is -0.339 e. The summed E-state index contributed by atoms with van der Waals surface area (Å²) in [6, 6.07) is 0.535. The molecule has 18 heavy (non-hydrogen) atoms. The third-order valence-corrected chi connectivity index (χ3v) is 5.28. The van der Waals surface area contributed by atoms with Crippen molar-refractivity contribution < 1.29 is 4.79 Å². The summed E-state index contributed by atoms with van der Waals surface area (Å²) in [5, 5.41) is 0.905. The molecule has 0 bridgehead atoms. The van der Waals surface area contributed by atoms with Crippen molar-refractivity contribution in [2.45, 2.75) is 64.8 Å². The molecule has 0 aromatic heterocycles. The number of carbonyl (C=O) groups is 1. The molecule has 0 aromatic carbocycles. The highest BCUT2D eigenvalue weighted by atomic mass is 79.9. The molecule has 0 heterocycles. The summed E-state index contributed by atoms with van der Waals surface area (Å²) in [7, 11) is 0. The van der Waals surface area contributed by atoms with E-state index in [1.54, 1.807) is 0 Å². The summed E-state index contributed by atoms with van der Waals surface area (Å²) in [5.74, 6) is 0.690. The average Bonchev–Trinajstić information content (AvgIpc) is 2.24. The zero-order valence-electron chi connectivity index (χ0n) is 11.8. The zero-order chi connectivity index (χ0) is 13.2. The first kappa shape index (κ1) is 14.4. The zero-order valence-corrected chi connectivity index (χ0v) is 13.3. The molecule has 1 atom stereocenters. The molecule has 2 aliphatic carbocycles. The van der Waals surface area contributed by atoms with Crippen molar-refractivity contribution in [2.75, 3.05) is 11.9 Å². The van der Waals surface area contributed by atoms with Crippen LogP contribution in [0.25, 0.3) is 0 Å². The first-order valence-electron chi connectivity index (χ1n) is 7.43. The lowest BCUT2D eigenvalue weighted by Gasteiger charge is -2.44. The number of hydrogen-bond donors (Lipinski definition) is 0. The van der Waals surface area contributed by atoms with Crippen LogP contribution in [0.1, 0.15) is 58.8 Å². The van der Waals surface area contributed by atoms with Crippen molar-refractivity contribution in [3.63, 3.8) is 0 Å². The predicted molar refractivity (Wildman–Crippen MR) is 78.9 cm³/mol. The molecule has 0 aromatic rings. The molecule has 0 aliphatic heterocycles. The lowest BCUT2D eigenvalue weighted by molar-refractivity contribution is -0.145. The predicted octanol–water partition coefficient (Wildman–Crippen LogP) is 3.98. The Morgan fingerprint density at radius 1 is 1.22 bits per heavy atom. The Kier molecular flexibility index (Phi) is 4.74. The molecule has 0 saturated heterocycles. The molecule has 1 amide bonds. The van der Waals surface area contributed by atoms with Crippen molar-refractivity contribution in [1.29, 1.82) is 0 Å². The number of alkyl halides is 1. The van der Waals surface area contributed by atoms with Crippen molar-refractivity contribution >= 4 is 21.8 Å². The highest BCUT2D eigenvalue weighted by Gasteiger charge is 2.41. The molecule has 2 fully saturated rings. The van der Waals surface area contributed by atoms with E-state index in [1.807, 2.05) is 0 Å². The topological polar surface area (TPSA) is 20.3 Å². The van der Waals surface area contributed by atoms with Gasteiger partial charge in [-0.25, -0.2) is 0 Å². The average molecular weight is 316 g/mol. The van der Waals surface area contributed by atoms with E-state index in [2.05, 4.69) is 34.7 Å². The van der Waals surface area contributed by atoms with Gasteiger partial charge in [-0.1, -0.05) is 42.6 Å². The van der Waals surface area contributed by atoms with Crippen LogP contribution in [0.2, 0.25) is 0 Å². The van der Waals surface area contributed by atoms with Crippen molar-refractivity contribution in [3.8, 4) is 0 Å². The van der Waals surface area contributed by atoms with Crippen LogP contribution < -0.4 is 0 Å². The standard InChI is InChI=1S/C15H26BrNO/c1-15(2)9-4-3-8-13(15)14(18)17(11-10-16)12-6-5-7-12/h12-13H,3-11H2,1-2H3. The number of amides is 1. The number of rotatable bonds is 4. The SMILES string of the molecule is CC1(C)CCCCC1C(=O)N(CCBr)C1CCC1. The Labute approximate surface area is 120 Å². The van der Waals surface area contributed by atoms with E-state index in [0.29, 0.717) is 11.9 Å². The van der Waals surface area contributed by atoms with Crippen LogP contribution in [-0.2, 0) is 4.79 Å². The fourth-order valence-corrected chi connectivity index (χ4v) is 3.80. The third-order valence-electron chi connectivity index (χ3n) is 4.93. The second-order valence-electron chi connectivity index (χ2n) is 6.59. The molecule has 2 nitrogen and oxygen atoms in total. The smallest absolute Gasteiger partial charge is 0.226 e. The molecule has 1 unspecified atom stereocenters. The summed E-state index contributed by atoms with van der Waals surface area (Å²) >= 11 is 3.50. The van der Waals surface area contributed by atoms with Gasteiger partial charge in [0.2, 0.25) is 5.91 Å². The van der Waals surface area contributed by atoms with E-state index >= 15 is 0 Å². The molecule has 2 rings (SSSR count). The maximum Gasteiger partial charge on any atom is 0.226 e. The molecular weight excluding hydrogens is 290 g/mol. The Bertz CT molecular complexity index is 299. The van der Waals surface area contributed by atoms with Gasteiger partial charge in [-0.05, 0) is 37.5 Å². The minimum atomic E-state index is 0.198. The molecule has 3 heteroatoms. The lowest BCUT2D eigenvalue weighted by Crippen LogP contribution is -2.51. The summed E-state index contributed by atoms with van der Waals surface area (Å²) in [5.41, 5.74) is 0.198. The largest absolute Gasteiger partial charge is 0.339 e. The van der Waals surface area contributed by atoms with Crippen LogP contribution in [0, 0.1) is 11.3 Å². The van der Waals surface area contributed by atoms with Gasteiger partial charge >= 0.3 is 0 Å². The van der Waals surface area contributed by atoms with Gasteiger partial charge in [-0.2, -0.15) is 0 Å². The molecule has 0 spiro atoms. The summed E-state index contributed by atoms with van der Waals surface area (Å²) in [4.78, 5) is 15.0. The lowest BCUT2D eigenvalue weighted by atomic mass is 9.68. The van der Waals surface area contributed by atoms with Crippen LogP contribution >= 0.6 is 15.9 Å². The number of carbonyl (C=O) groups excluding carboxylic acids is 1. The molecule has 2 aliphatic rings. The quantitative estimate of drug-likeness (QED) is 0.719. The highest BCUT2D eigenvalue weighted by Crippen LogP contribution is 2.42. The van der Waals surface area contributed by atoms with E-state index in [1.165, 1.54) is 38.5 Å². The number of hydrogen-bond acceptors (Lipinski definition) is 1. The molecule has 0 N–H and O–H groups in total. The van der Waals surface area contributed by atoms with Gasteiger partial charge in [0.15, 0.2) is 0 Å². The molecule has 104 valence electrons. The van der Waals surface area contributed by atoms with E-state index in [-0.39, 0.29) is 11.3 Å². The van der Waals surface area contributed by atoms with Gasteiger partial charge in [-0.15, -0.1) is 0 Å². The maximum absolute atomic E-state index is 12.8. The second kappa shape index (κ2) is 5.94. The van der Waals surface area contributed by atoms with Gasteiger partial charge in [0.05, 0.1) is 0 Å². The second-order valence-corrected chi connectivity index (χ2v) is 7.39. The Morgan fingerprint density at radius 2 is 1.94 bits per heavy atom. The molecule has 0 radical (unpaired) electrons. The van der Waals surface area contributed by atoms with Crippen LogP contribution in [0.5, 0.6) is 0 Å². The van der Waals surface area contributed by atoms with Crippen LogP contribution in [0.15, 0.2) is 0 Å². The first-order valence-corrected chi connectivity index (χ1v) is 8.55. The van der Waals surface area contributed by atoms with E-state index in [0.717, 1.165) is 18.3 Å². The monoisotopic (exact) mass is 315 g/mol. The number of halogens is 1. The Hall–Kier alpha value is -0.0500. The van der Waals surface area contributed by atoms with Crippen LogP contribution in [0.4, 0.5) is 0 Å². The fraction of sp³-hybridized carbons (Fsp3) is 0.933. The third kappa shape index (κ3) is 2.92. The summed E-state index contributed by atoms with van der Waals surface area (Å²) in [6.07, 6.45) is 8.54. The first-order chi connectivity index (χ1) is 8.56. The van der Waals surface area contributed by atoms with Gasteiger partial charge in [-0.3, -0.25) is 4.79 Å². The fourth-order valence-electron chi connectivity index (χ4n) is 3.41. The van der Waals surface area contributed by atoms with Crippen molar-refractivity contribution in [3.05, 3.63) is 0 Å². The Balaban J connectivity index is 2.06. The van der Waals surface area contributed by atoms with E-state index in [9.17, 15) is 4.79 Å². The van der Waals surface area contributed by atoms with Gasteiger partial charge in [0.1, 0.15) is 0 Å². The molecular formula is C15H26BrNO. The van der Waals surface area contributed by atoms with Crippen molar-refractivity contribution in [2.24, 2.45) is 11.3 Å². The number of nitrogens with zero attached hydrogens (tertiary/aromatic N) is 1. The highest BCUT2D eigenvalue weighted by molar-refractivity contribution is 9.09. The van der Waals surface area contributed by atoms with Crippen molar-refractivity contribution in [1.82, 2.24) is 4.90 Å². The van der Waals surface area contributed by atoms with Gasteiger partial charge in [0.25, 0.3) is 0 Å². The van der Waals surface area contributed by atoms with Crippen LogP contribution in [0.3, 0.4) is 0 Å². The normalized spacial score (nSPS) is 27.6. The van der Waals surface area contributed by atoms with Crippen LogP contribution in [-0.4, -0.2) is 28.7 Å². The van der Waals surface area contributed by atoms with E-state index < -0.39 is 0 Å². The summed E-state index contributed by atoms with van der Waals surface area (Å²) in [6.45, 7) is 5.44. The van der Waals surface area contributed by atoms with E-state index in [4.69, 9.17) is 0 Å². The minimum absolute atomic E-state index is 0.198. The summed E-state index contributed by atoms with van der Waals surface area (Å²) < 4.78 is 0. The van der Waals surface area contributed by atoms with Gasteiger partial charge < -0.3 is 4.90 Å².